The van der Waals surface area contributed by atoms with Crippen molar-refractivity contribution >= 4 is 0 Å². The van der Waals surface area contributed by atoms with Gasteiger partial charge in [-0.1, -0.05) is 37.3 Å². The number of hydrogen-bond acceptors (Lipinski definition) is 2. The van der Waals surface area contributed by atoms with Gasteiger partial charge in [0, 0.05) is 25.5 Å². The van der Waals surface area contributed by atoms with Crippen LogP contribution in [0.25, 0.3) is 0 Å². The van der Waals surface area contributed by atoms with E-state index in [2.05, 4.69) is 59.5 Å². The first-order valence-corrected chi connectivity index (χ1v) is 5.59. The summed E-state index contributed by atoms with van der Waals surface area (Å²) < 4.78 is 0. The SMILES string of the molecule is CCCN1C=CN(Cc2ccccc2)C1. The van der Waals surface area contributed by atoms with E-state index >= 15 is 0 Å². The second-order valence-corrected chi connectivity index (χ2v) is 3.98. The van der Waals surface area contributed by atoms with E-state index in [-0.39, 0.29) is 0 Å². The maximum absolute atomic E-state index is 2.35. The first-order chi connectivity index (χ1) is 7.38. The first-order valence-electron chi connectivity index (χ1n) is 5.59. The molecule has 0 saturated heterocycles. The molecule has 0 amide bonds. The van der Waals surface area contributed by atoms with Gasteiger partial charge in [-0.15, -0.1) is 0 Å². The molecule has 0 aliphatic carbocycles. The van der Waals surface area contributed by atoms with Crippen LogP contribution < -0.4 is 0 Å². The van der Waals surface area contributed by atoms with Gasteiger partial charge in [0.1, 0.15) is 0 Å². The van der Waals surface area contributed by atoms with E-state index in [1.807, 2.05) is 0 Å². The third-order valence-corrected chi connectivity index (χ3v) is 2.59. The van der Waals surface area contributed by atoms with Gasteiger partial charge in [-0.05, 0) is 12.0 Å². The Morgan fingerprint density at radius 3 is 2.53 bits per heavy atom. The van der Waals surface area contributed by atoms with Gasteiger partial charge in [-0.2, -0.15) is 0 Å². The molecule has 1 heterocycles. The number of rotatable bonds is 4. The Labute approximate surface area is 91.8 Å². The average molecular weight is 202 g/mol. The highest BCUT2D eigenvalue weighted by Crippen LogP contribution is 2.11. The van der Waals surface area contributed by atoms with E-state index in [0.29, 0.717) is 0 Å². The van der Waals surface area contributed by atoms with Crippen molar-refractivity contribution < 1.29 is 0 Å². The van der Waals surface area contributed by atoms with Gasteiger partial charge in [0.15, 0.2) is 0 Å². The summed E-state index contributed by atoms with van der Waals surface area (Å²) in [7, 11) is 0. The molecular formula is C13H18N2. The Balaban J connectivity index is 1.86. The van der Waals surface area contributed by atoms with Crippen molar-refractivity contribution in [1.82, 2.24) is 9.80 Å². The zero-order valence-corrected chi connectivity index (χ0v) is 9.26. The summed E-state index contributed by atoms with van der Waals surface area (Å²) in [6.45, 7) is 5.41. The molecule has 2 heteroatoms. The van der Waals surface area contributed by atoms with Crippen molar-refractivity contribution in [2.45, 2.75) is 19.9 Å². The molecule has 1 aromatic carbocycles. The second-order valence-electron chi connectivity index (χ2n) is 3.98. The summed E-state index contributed by atoms with van der Waals surface area (Å²) in [5, 5.41) is 0. The summed E-state index contributed by atoms with van der Waals surface area (Å²) >= 11 is 0. The molecule has 0 aromatic heterocycles. The van der Waals surface area contributed by atoms with Crippen LogP contribution in [-0.4, -0.2) is 23.0 Å². The van der Waals surface area contributed by atoms with E-state index in [0.717, 1.165) is 19.8 Å². The Morgan fingerprint density at radius 2 is 1.80 bits per heavy atom. The van der Waals surface area contributed by atoms with Crippen molar-refractivity contribution in [2.75, 3.05) is 13.2 Å². The normalized spacial score (nSPS) is 15.0. The number of nitrogens with zero attached hydrogens (tertiary/aromatic N) is 2. The molecule has 15 heavy (non-hydrogen) atoms. The molecule has 0 unspecified atom stereocenters. The molecule has 80 valence electrons. The van der Waals surface area contributed by atoms with Crippen molar-refractivity contribution in [1.29, 1.82) is 0 Å². The van der Waals surface area contributed by atoms with Gasteiger partial charge in [-0.3, -0.25) is 0 Å². The third-order valence-electron chi connectivity index (χ3n) is 2.59. The molecule has 0 atom stereocenters. The molecule has 2 nitrogen and oxygen atoms in total. The Bertz CT molecular complexity index is 319. The molecule has 0 fully saturated rings. The number of hydrogen-bond donors (Lipinski definition) is 0. The van der Waals surface area contributed by atoms with E-state index in [1.54, 1.807) is 0 Å². The van der Waals surface area contributed by atoms with Crippen LogP contribution in [0.1, 0.15) is 18.9 Å². The van der Waals surface area contributed by atoms with Crippen LogP contribution in [0.3, 0.4) is 0 Å². The van der Waals surface area contributed by atoms with Crippen molar-refractivity contribution in [3.05, 3.63) is 48.3 Å². The summed E-state index contributed by atoms with van der Waals surface area (Å²) in [6.07, 6.45) is 5.58. The maximum Gasteiger partial charge on any atom is 0.0897 e. The highest BCUT2D eigenvalue weighted by Gasteiger charge is 2.10. The molecule has 0 N–H and O–H groups in total. The predicted molar refractivity (Wildman–Crippen MR) is 63.0 cm³/mol. The van der Waals surface area contributed by atoms with Crippen LogP contribution in [0.4, 0.5) is 0 Å². The van der Waals surface area contributed by atoms with Gasteiger partial charge in [0.25, 0.3) is 0 Å². The van der Waals surface area contributed by atoms with Gasteiger partial charge in [0.2, 0.25) is 0 Å². The molecule has 0 bridgehead atoms. The largest absolute Gasteiger partial charge is 0.359 e. The van der Waals surface area contributed by atoms with Gasteiger partial charge < -0.3 is 9.80 Å². The lowest BCUT2D eigenvalue weighted by Gasteiger charge is -2.20. The molecule has 1 aliphatic rings. The smallest absolute Gasteiger partial charge is 0.0897 e. The van der Waals surface area contributed by atoms with Crippen LogP contribution in [-0.2, 0) is 6.54 Å². The van der Waals surface area contributed by atoms with Gasteiger partial charge >= 0.3 is 0 Å². The minimum atomic E-state index is 1.01. The molecule has 1 aliphatic heterocycles. The topological polar surface area (TPSA) is 6.48 Å². The van der Waals surface area contributed by atoms with Gasteiger partial charge in [-0.25, -0.2) is 0 Å². The Hall–Kier alpha value is -1.44. The lowest BCUT2D eigenvalue weighted by molar-refractivity contribution is 0.260. The molecule has 0 radical (unpaired) electrons. The van der Waals surface area contributed by atoms with Crippen LogP contribution >= 0.6 is 0 Å². The van der Waals surface area contributed by atoms with Crippen molar-refractivity contribution in [2.24, 2.45) is 0 Å². The van der Waals surface area contributed by atoms with E-state index in [9.17, 15) is 0 Å². The predicted octanol–water partition coefficient (Wildman–Crippen LogP) is 2.64. The van der Waals surface area contributed by atoms with Crippen molar-refractivity contribution in [3.8, 4) is 0 Å². The zero-order chi connectivity index (χ0) is 10.5. The van der Waals surface area contributed by atoms with Gasteiger partial charge in [0.05, 0.1) is 6.67 Å². The molecule has 2 rings (SSSR count). The average Bonchev–Trinajstić information content (AvgIpc) is 2.68. The lowest BCUT2D eigenvalue weighted by atomic mass is 10.2. The van der Waals surface area contributed by atoms with Crippen LogP contribution in [0, 0.1) is 0 Å². The highest BCUT2D eigenvalue weighted by molar-refractivity contribution is 5.15. The summed E-state index contributed by atoms with van der Waals surface area (Å²) in [4.78, 5) is 4.69. The Kier molecular flexibility index (Phi) is 3.28. The standard InChI is InChI=1S/C13H18N2/c1-2-8-14-9-10-15(12-14)11-13-6-4-3-5-7-13/h3-7,9-10H,2,8,11-12H2,1H3. The molecule has 1 aromatic rings. The number of benzene rings is 1. The molecule has 0 spiro atoms. The fourth-order valence-electron chi connectivity index (χ4n) is 1.87. The highest BCUT2D eigenvalue weighted by atomic mass is 15.3. The fraction of sp³-hybridized carbons (Fsp3) is 0.385. The van der Waals surface area contributed by atoms with Crippen molar-refractivity contribution in [3.63, 3.8) is 0 Å². The minimum Gasteiger partial charge on any atom is -0.359 e. The first kappa shape index (κ1) is 10.1. The quantitative estimate of drug-likeness (QED) is 0.740. The Morgan fingerprint density at radius 1 is 1.07 bits per heavy atom. The minimum absolute atomic E-state index is 1.01. The third kappa shape index (κ3) is 2.75. The molecular weight excluding hydrogens is 184 g/mol. The van der Waals surface area contributed by atoms with E-state index < -0.39 is 0 Å². The van der Waals surface area contributed by atoms with E-state index in [1.165, 1.54) is 12.0 Å². The molecule has 0 saturated carbocycles. The zero-order valence-electron chi connectivity index (χ0n) is 9.26. The maximum atomic E-state index is 2.35. The monoisotopic (exact) mass is 202 g/mol. The van der Waals surface area contributed by atoms with E-state index in [4.69, 9.17) is 0 Å². The second kappa shape index (κ2) is 4.87. The fourth-order valence-corrected chi connectivity index (χ4v) is 1.87. The van der Waals surface area contributed by atoms with Crippen LogP contribution in [0.5, 0.6) is 0 Å². The summed E-state index contributed by atoms with van der Waals surface area (Å²) in [5.41, 5.74) is 1.38. The summed E-state index contributed by atoms with van der Waals surface area (Å²) in [5.74, 6) is 0. The lowest BCUT2D eigenvalue weighted by Crippen LogP contribution is -2.25. The van der Waals surface area contributed by atoms with Crippen LogP contribution in [0.15, 0.2) is 42.7 Å². The van der Waals surface area contributed by atoms with Crippen LogP contribution in [0.2, 0.25) is 0 Å². The summed E-state index contributed by atoms with van der Waals surface area (Å²) in [6, 6.07) is 10.6.